The number of fused-ring (bicyclic) bond motifs is 1. The highest BCUT2D eigenvalue weighted by molar-refractivity contribution is 6.37. The Hall–Kier alpha value is -2.69. The SMILES string of the molecule is Cc1cc(-c2ccnc(F)c2)nc2ccc(Oc3c(Cl)cccc3Cl)cc12. The van der Waals surface area contributed by atoms with E-state index < -0.39 is 5.95 Å². The first-order valence-corrected chi connectivity index (χ1v) is 8.92. The molecule has 134 valence electrons. The molecular formula is C21H13Cl2FN2O. The van der Waals surface area contributed by atoms with Gasteiger partial charge in [-0.25, -0.2) is 9.97 Å². The average Bonchev–Trinajstić information content (AvgIpc) is 2.65. The second kappa shape index (κ2) is 7.14. The highest BCUT2D eigenvalue weighted by atomic mass is 35.5. The van der Waals surface area contributed by atoms with Crippen LogP contribution >= 0.6 is 23.2 Å². The van der Waals surface area contributed by atoms with E-state index in [-0.39, 0.29) is 0 Å². The Morgan fingerprint density at radius 3 is 2.48 bits per heavy atom. The summed E-state index contributed by atoms with van der Waals surface area (Å²) < 4.78 is 19.3. The normalized spacial score (nSPS) is 11.0. The number of aryl methyl sites for hydroxylation is 1. The summed E-state index contributed by atoms with van der Waals surface area (Å²) in [6.45, 7) is 1.97. The van der Waals surface area contributed by atoms with Crippen LogP contribution in [0, 0.1) is 12.9 Å². The lowest BCUT2D eigenvalue weighted by Gasteiger charge is -2.12. The van der Waals surface area contributed by atoms with E-state index in [1.165, 1.54) is 12.3 Å². The van der Waals surface area contributed by atoms with E-state index in [0.29, 0.717) is 32.8 Å². The van der Waals surface area contributed by atoms with E-state index in [1.807, 2.05) is 25.1 Å². The Kier molecular flexibility index (Phi) is 4.68. The molecule has 2 heterocycles. The molecule has 2 aromatic heterocycles. The van der Waals surface area contributed by atoms with Gasteiger partial charge in [-0.3, -0.25) is 0 Å². The molecular weight excluding hydrogens is 386 g/mol. The van der Waals surface area contributed by atoms with Crippen LogP contribution in [0.25, 0.3) is 22.2 Å². The molecule has 0 N–H and O–H groups in total. The lowest BCUT2D eigenvalue weighted by Crippen LogP contribution is -1.92. The standard InChI is InChI=1S/C21H13Cl2FN2O/c1-12-9-19(13-7-8-25-20(24)10-13)26-18-6-5-14(11-15(12)18)27-21-16(22)3-2-4-17(21)23/h2-11H,1H3. The van der Waals surface area contributed by atoms with Gasteiger partial charge in [0.1, 0.15) is 5.75 Å². The number of hydrogen-bond donors (Lipinski definition) is 0. The van der Waals surface area contributed by atoms with Crippen LogP contribution in [0.15, 0.2) is 60.8 Å². The van der Waals surface area contributed by atoms with Crippen molar-refractivity contribution in [1.82, 2.24) is 9.97 Å². The van der Waals surface area contributed by atoms with Crippen LogP contribution in [-0.4, -0.2) is 9.97 Å². The predicted molar refractivity (Wildman–Crippen MR) is 106 cm³/mol. The molecule has 0 atom stereocenters. The lowest BCUT2D eigenvalue weighted by molar-refractivity contribution is 0.484. The molecule has 3 nitrogen and oxygen atoms in total. The maximum Gasteiger partial charge on any atom is 0.213 e. The maximum absolute atomic E-state index is 13.4. The number of rotatable bonds is 3. The maximum atomic E-state index is 13.4. The molecule has 4 rings (SSSR count). The highest BCUT2D eigenvalue weighted by Gasteiger charge is 2.11. The number of aromatic nitrogens is 2. The monoisotopic (exact) mass is 398 g/mol. The summed E-state index contributed by atoms with van der Waals surface area (Å²) in [5.41, 5.74) is 3.13. The smallest absolute Gasteiger partial charge is 0.213 e. The first-order valence-electron chi connectivity index (χ1n) is 8.16. The Labute approximate surface area is 165 Å². The molecule has 0 amide bonds. The topological polar surface area (TPSA) is 35.0 Å². The summed E-state index contributed by atoms with van der Waals surface area (Å²) >= 11 is 12.3. The molecule has 0 aliphatic heterocycles. The van der Waals surface area contributed by atoms with E-state index >= 15 is 0 Å². The third-order valence-corrected chi connectivity index (χ3v) is 4.74. The first-order chi connectivity index (χ1) is 13.0. The van der Waals surface area contributed by atoms with Crippen LogP contribution in [0.4, 0.5) is 4.39 Å². The molecule has 0 spiro atoms. The largest absolute Gasteiger partial charge is 0.454 e. The van der Waals surface area contributed by atoms with Gasteiger partial charge in [0.2, 0.25) is 5.95 Å². The summed E-state index contributed by atoms with van der Waals surface area (Å²) in [6.07, 6.45) is 1.43. The van der Waals surface area contributed by atoms with Gasteiger partial charge in [-0.2, -0.15) is 4.39 Å². The Balaban J connectivity index is 1.75. The Bertz CT molecular complexity index is 1140. The van der Waals surface area contributed by atoms with E-state index in [0.717, 1.165) is 16.5 Å². The minimum absolute atomic E-state index is 0.412. The molecule has 0 saturated carbocycles. The molecule has 2 aromatic carbocycles. The fourth-order valence-electron chi connectivity index (χ4n) is 2.84. The summed E-state index contributed by atoms with van der Waals surface area (Å²) in [4.78, 5) is 8.21. The number of para-hydroxylation sites is 1. The summed E-state index contributed by atoms with van der Waals surface area (Å²) in [5, 5.41) is 1.80. The molecule has 4 aromatic rings. The zero-order chi connectivity index (χ0) is 19.0. The van der Waals surface area contributed by atoms with E-state index in [2.05, 4.69) is 9.97 Å². The number of halogens is 3. The van der Waals surface area contributed by atoms with Crippen LogP contribution in [0.3, 0.4) is 0 Å². The minimum Gasteiger partial charge on any atom is -0.454 e. The Morgan fingerprint density at radius 2 is 1.74 bits per heavy atom. The van der Waals surface area contributed by atoms with Crippen molar-refractivity contribution in [2.45, 2.75) is 6.92 Å². The van der Waals surface area contributed by atoms with Crippen molar-refractivity contribution in [3.05, 3.63) is 82.4 Å². The van der Waals surface area contributed by atoms with Gasteiger partial charge in [-0.1, -0.05) is 29.3 Å². The molecule has 6 heteroatoms. The predicted octanol–water partition coefficient (Wildman–Crippen LogP) is 6.84. The fourth-order valence-corrected chi connectivity index (χ4v) is 3.32. The lowest BCUT2D eigenvalue weighted by atomic mass is 10.1. The molecule has 0 aliphatic rings. The van der Waals surface area contributed by atoms with Gasteiger partial charge < -0.3 is 4.74 Å². The number of pyridine rings is 2. The van der Waals surface area contributed by atoms with Crippen molar-refractivity contribution in [2.24, 2.45) is 0 Å². The quantitative estimate of drug-likeness (QED) is 0.354. The molecule has 0 aliphatic carbocycles. The first kappa shape index (κ1) is 17.7. The Morgan fingerprint density at radius 1 is 0.963 bits per heavy atom. The summed E-state index contributed by atoms with van der Waals surface area (Å²) in [6, 6.07) is 15.7. The molecule has 0 saturated heterocycles. The van der Waals surface area contributed by atoms with Gasteiger partial charge in [0.15, 0.2) is 5.75 Å². The van der Waals surface area contributed by atoms with Gasteiger partial charge in [0, 0.05) is 23.2 Å². The van der Waals surface area contributed by atoms with Crippen LogP contribution < -0.4 is 4.74 Å². The van der Waals surface area contributed by atoms with Gasteiger partial charge >= 0.3 is 0 Å². The van der Waals surface area contributed by atoms with Crippen molar-refractivity contribution in [3.8, 4) is 22.8 Å². The molecule has 0 unspecified atom stereocenters. The second-order valence-corrected chi connectivity index (χ2v) is 6.84. The number of benzene rings is 2. The fraction of sp³-hybridized carbons (Fsp3) is 0.0476. The second-order valence-electron chi connectivity index (χ2n) is 6.02. The average molecular weight is 399 g/mol. The highest BCUT2D eigenvalue weighted by Crippen LogP contribution is 2.37. The van der Waals surface area contributed by atoms with E-state index in [4.69, 9.17) is 27.9 Å². The van der Waals surface area contributed by atoms with E-state index in [1.54, 1.807) is 30.3 Å². The van der Waals surface area contributed by atoms with Crippen molar-refractivity contribution in [1.29, 1.82) is 0 Å². The number of ether oxygens (including phenoxy) is 1. The zero-order valence-electron chi connectivity index (χ0n) is 14.2. The summed E-state index contributed by atoms with van der Waals surface area (Å²) in [5.74, 6) is 0.479. The molecule has 0 bridgehead atoms. The minimum atomic E-state index is -0.535. The molecule has 0 fully saturated rings. The number of nitrogens with zero attached hydrogens (tertiary/aromatic N) is 2. The molecule has 0 radical (unpaired) electrons. The van der Waals surface area contributed by atoms with Crippen molar-refractivity contribution >= 4 is 34.1 Å². The van der Waals surface area contributed by atoms with Gasteiger partial charge in [0.05, 0.1) is 21.3 Å². The summed E-state index contributed by atoms with van der Waals surface area (Å²) in [7, 11) is 0. The third-order valence-electron chi connectivity index (χ3n) is 4.15. The zero-order valence-corrected chi connectivity index (χ0v) is 15.7. The third kappa shape index (κ3) is 3.59. The molecule has 27 heavy (non-hydrogen) atoms. The van der Waals surface area contributed by atoms with Crippen LogP contribution in [0.5, 0.6) is 11.5 Å². The van der Waals surface area contributed by atoms with Gasteiger partial charge in [-0.15, -0.1) is 0 Å². The van der Waals surface area contributed by atoms with Crippen molar-refractivity contribution in [3.63, 3.8) is 0 Å². The van der Waals surface area contributed by atoms with Crippen LogP contribution in [0.2, 0.25) is 10.0 Å². The van der Waals surface area contributed by atoms with Gasteiger partial charge in [0.25, 0.3) is 0 Å². The van der Waals surface area contributed by atoms with Crippen molar-refractivity contribution < 1.29 is 9.13 Å². The van der Waals surface area contributed by atoms with Crippen molar-refractivity contribution in [2.75, 3.05) is 0 Å². The number of hydrogen-bond acceptors (Lipinski definition) is 3. The van der Waals surface area contributed by atoms with Crippen LogP contribution in [0.1, 0.15) is 5.56 Å². The van der Waals surface area contributed by atoms with Crippen LogP contribution in [-0.2, 0) is 0 Å². The van der Waals surface area contributed by atoms with E-state index in [9.17, 15) is 4.39 Å². The van der Waals surface area contributed by atoms with Gasteiger partial charge in [-0.05, 0) is 55.0 Å².